The fourth-order valence-electron chi connectivity index (χ4n) is 2.49. The predicted octanol–water partition coefficient (Wildman–Crippen LogP) is 1.39. The molecule has 1 fully saturated rings. The molecule has 1 unspecified atom stereocenters. The van der Waals surface area contributed by atoms with Crippen molar-refractivity contribution in [2.24, 2.45) is 0 Å². The first-order valence-electron chi connectivity index (χ1n) is 7.02. The normalized spacial score (nSPS) is 20.6. The largest absolute Gasteiger partial charge is 0.491 e. The van der Waals surface area contributed by atoms with Crippen LogP contribution in [0.1, 0.15) is 23.7 Å². The van der Waals surface area contributed by atoms with E-state index < -0.39 is 9.84 Å². The molecule has 0 bridgehead atoms. The molecular weight excluding hydrogens is 290 g/mol. The van der Waals surface area contributed by atoms with Gasteiger partial charge in [-0.1, -0.05) is 12.1 Å². The summed E-state index contributed by atoms with van der Waals surface area (Å²) in [5.74, 6) is 1.06. The van der Waals surface area contributed by atoms with E-state index in [1.54, 1.807) is 18.2 Å². The molecule has 1 aliphatic heterocycles. The van der Waals surface area contributed by atoms with Gasteiger partial charge in [0.1, 0.15) is 12.4 Å². The summed E-state index contributed by atoms with van der Waals surface area (Å²) in [5.41, 5.74) is 0.573. The highest BCUT2D eigenvalue weighted by Crippen LogP contribution is 2.19. The molecule has 21 heavy (non-hydrogen) atoms. The maximum atomic E-state index is 11.5. The average molecular weight is 311 g/mol. The van der Waals surface area contributed by atoms with Crippen molar-refractivity contribution in [2.75, 3.05) is 31.7 Å². The maximum Gasteiger partial charge on any atom is 0.163 e. The van der Waals surface area contributed by atoms with E-state index in [1.165, 1.54) is 6.92 Å². The zero-order valence-corrected chi connectivity index (χ0v) is 13.2. The van der Waals surface area contributed by atoms with Crippen LogP contribution < -0.4 is 4.74 Å². The van der Waals surface area contributed by atoms with Crippen molar-refractivity contribution in [3.8, 4) is 5.75 Å². The fraction of sp³-hybridized carbons (Fsp3) is 0.533. The number of hydrogen-bond donors (Lipinski definition) is 0. The van der Waals surface area contributed by atoms with Crippen molar-refractivity contribution < 1.29 is 17.9 Å². The van der Waals surface area contributed by atoms with Crippen LogP contribution in [0.5, 0.6) is 5.75 Å². The summed E-state index contributed by atoms with van der Waals surface area (Å²) in [4.78, 5) is 13.5. The molecule has 1 heterocycles. The summed E-state index contributed by atoms with van der Waals surface area (Å²) in [5, 5.41) is 0. The minimum absolute atomic E-state index is 0.0270. The Morgan fingerprint density at radius 2 is 2.10 bits per heavy atom. The molecule has 1 aromatic rings. The number of ether oxygens (including phenoxy) is 1. The molecule has 0 aliphatic carbocycles. The first-order chi connectivity index (χ1) is 9.89. The fourth-order valence-corrected chi connectivity index (χ4v) is 4.29. The Bertz CT molecular complexity index is 612. The maximum absolute atomic E-state index is 11.5. The number of para-hydroxylation sites is 1. The minimum Gasteiger partial charge on any atom is -0.491 e. The summed E-state index contributed by atoms with van der Waals surface area (Å²) in [6.45, 7) is 2.57. The Morgan fingerprint density at radius 3 is 2.71 bits per heavy atom. The summed E-state index contributed by atoms with van der Waals surface area (Å²) in [7, 11) is -0.954. The Labute approximate surface area is 125 Å². The number of hydrogen-bond acceptors (Lipinski definition) is 5. The first-order valence-corrected chi connectivity index (χ1v) is 8.84. The lowest BCUT2D eigenvalue weighted by Gasteiger charge is -2.23. The van der Waals surface area contributed by atoms with Crippen LogP contribution in [-0.2, 0) is 9.84 Å². The van der Waals surface area contributed by atoms with Crippen molar-refractivity contribution in [1.29, 1.82) is 0 Å². The summed E-state index contributed by atoms with van der Waals surface area (Å²) in [6.07, 6.45) is 0.683. The summed E-state index contributed by atoms with van der Waals surface area (Å²) < 4.78 is 28.6. The SMILES string of the molecule is CC(=O)c1ccccc1OCCN(C)C1CCS(=O)(=O)C1. The van der Waals surface area contributed by atoms with Crippen molar-refractivity contribution in [3.05, 3.63) is 29.8 Å². The number of benzene rings is 1. The third-order valence-electron chi connectivity index (χ3n) is 3.80. The van der Waals surface area contributed by atoms with E-state index in [2.05, 4.69) is 0 Å². The topological polar surface area (TPSA) is 63.7 Å². The van der Waals surface area contributed by atoms with Gasteiger partial charge in [0.15, 0.2) is 15.6 Å². The molecule has 1 aromatic carbocycles. The second kappa shape index (κ2) is 6.58. The highest BCUT2D eigenvalue weighted by molar-refractivity contribution is 7.91. The Balaban J connectivity index is 1.86. The van der Waals surface area contributed by atoms with Gasteiger partial charge in [0.05, 0.1) is 17.1 Å². The average Bonchev–Trinajstić information content (AvgIpc) is 2.79. The van der Waals surface area contributed by atoms with Crippen molar-refractivity contribution in [3.63, 3.8) is 0 Å². The molecule has 2 rings (SSSR count). The second-order valence-corrected chi connectivity index (χ2v) is 7.67. The zero-order valence-electron chi connectivity index (χ0n) is 12.4. The quantitative estimate of drug-likeness (QED) is 0.743. The number of ketones is 1. The predicted molar refractivity (Wildman–Crippen MR) is 81.6 cm³/mol. The third kappa shape index (κ3) is 4.28. The monoisotopic (exact) mass is 311 g/mol. The van der Waals surface area contributed by atoms with Crippen molar-refractivity contribution in [1.82, 2.24) is 4.90 Å². The second-order valence-electron chi connectivity index (χ2n) is 5.44. The lowest BCUT2D eigenvalue weighted by atomic mass is 10.1. The van der Waals surface area contributed by atoms with Gasteiger partial charge in [-0.05, 0) is 32.5 Å². The molecular formula is C15H21NO4S. The van der Waals surface area contributed by atoms with E-state index in [4.69, 9.17) is 4.74 Å². The van der Waals surface area contributed by atoms with Crippen molar-refractivity contribution >= 4 is 15.6 Å². The Kier molecular flexibility index (Phi) is 5.00. The minimum atomic E-state index is -2.86. The van der Waals surface area contributed by atoms with Gasteiger partial charge in [-0.2, -0.15) is 0 Å². The molecule has 1 saturated heterocycles. The van der Waals surface area contributed by atoms with Crippen LogP contribution in [0.4, 0.5) is 0 Å². The molecule has 116 valence electrons. The highest BCUT2D eigenvalue weighted by atomic mass is 32.2. The smallest absolute Gasteiger partial charge is 0.163 e. The molecule has 0 radical (unpaired) electrons. The standard InChI is InChI=1S/C15H21NO4S/c1-12(17)14-5-3-4-6-15(14)20-9-8-16(2)13-7-10-21(18,19)11-13/h3-6,13H,7-11H2,1-2H3. The van der Waals surface area contributed by atoms with Gasteiger partial charge in [-0.15, -0.1) is 0 Å². The number of Topliss-reactive ketones (excluding diaryl/α,β-unsaturated/α-hetero) is 1. The van der Waals surface area contributed by atoms with E-state index in [0.29, 0.717) is 30.9 Å². The molecule has 6 heteroatoms. The highest BCUT2D eigenvalue weighted by Gasteiger charge is 2.30. The van der Waals surface area contributed by atoms with Crippen LogP contribution in [-0.4, -0.2) is 56.8 Å². The molecule has 0 aromatic heterocycles. The summed E-state index contributed by atoms with van der Waals surface area (Å²) >= 11 is 0. The number of carbonyl (C=O) groups excluding carboxylic acids is 1. The molecule has 0 saturated carbocycles. The first kappa shape index (κ1) is 16.0. The third-order valence-corrected chi connectivity index (χ3v) is 5.55. The zero-order chi connectivity index (χ0) is 15.5. The van der Waals surface area contributed by atoms with Crippen LogP contribution >= 0.6 is 0 Å². The molecule has 1 atom stereocenters. The van der Waals surface area contributed by atoms with Crippen LogP contribution in [0.3, 0.4) is 0 Å². The van der Waals surface area contributed by atoms with Gasteiger partial charge >= 0.3 is 0 Å². The number of rotatable bonds is 6. The number of sulfone groups is 1. The van der Waals surface area contributed by atoms with E-state index >= 15 is 0 Å². The van der Waals surface area contributed by atoms with Crippen LogP contribution in [0.2, 0.25) is 0 Å². The van der Waals surface area contributed by atoms with Crippen molar-refractivity contribution in [2.45, 2.75) is 19.4 Å². The molecule has 5 nitrogen and oxygen atoms in total. The van der Waals surface area contributed by atoms with Crippen LogP contribution in [0.25, 0.3) is 0 Å². The van der Waals surface area contributed by atoms with E-state index in [9.17, 15) is 13.2 Å². The molecule has 0 spiro atoms. The van der Waals surface area contributed by atoms with E-state index in [0.717, 1.165) is 0 Å². The molecule has 0 N–H and O–H groups in total. The van der Waals surface area contributed by atoms with Gasteiger partial charge < -0.3 is 4.74 Å². The number of likely N-dealkylation sites (N-methyl/N-ethyl adjacent to an activating group) is 1. The van der Waals surface area contributed by atoms with Gasteiger partial charge in [0.2, 0.25) is 0 Å². The van der Waals surface area contributed by atoms with Gasteiger partial charge in [-0.25, -0.2) is 8.42 Å². The number of carbonyl (C=O) groups is 1. The Morgan fingerprint density at radius 1 is 1.38 bits per heavy atom. The lowest BCUT2D eigenvalue weighted by molar-refractivity contribution is 0.101. The van der Waals surface area contributed by atoms with Gasteiger partial charge in [0, 0.05) is 12.6 Å². The van der Waals surface area contributed by atoms with E-state index in [1.807, 2.05) is 18.0 Å². The molecule has 0 amide bonds. The van der Waals surface area contributed by atoms with Gasteiger partial charge in [-0.3, -0.25) is 9.69 Å². The lowest BCUT2D eigenvalue weighted by Crippen LogP contribution is -2.35. The summed E-state index contributed by atoms with van der Waals surface area (Å²) in [6, 6.07) is 7.22. The van der Waals surface area contributed by atoms with Crippen LogP contribution in [0.15, 0.2) is 24.3 Å². The number of nitrogens with zero attached hydrogens (tertiary/aromatic N) is 1. The van der Waals surface area contributed by atoms with E-state index in [-0.39, 0.29) is 23.3 Å². The Hall–Kier alpha value is -1.40. The van der Waals surface area contributed by atoms with Crippen LogP contribution in [0, 0.1) is 0 Å². The molecule has 1 aliphatic rings. The van der Waals surface area contributed by atoms with Gasteiger partial charge in [0.25, 0.3) is 0 Å².